The minimum Gasteiger partial charge on any atom is -0.351 e. The Labute approximate surface area is 97.2 Å². The molecule has 0 radical (unpaired) electrons. The van der Waals surface area contributed by atoms with Gasteiger partial charge in [-0.15, -0.1) is 0 Å². The van der Waals surface area contributed by atoms with Gasteiger partial charge in [-0.3, -0.25) is 0 Å². The van der Waals surface area contributed by atoms with Gasteiger partial charge in [-0.1, -0.05) is 25.9 Å². The van der Waals surface area contributed by atoms with Crippen LogP contribution in [0.3, 0.4) is 0 Å². The molecule has 1 fully saturated rings. The van der Waals surface area contributed by atoms with Crippen LogP contribution >= 0.6 is 0 Å². The van der Waals surface area contributed by atoms with Gasteiger partial charge in [-0.2, -0.15) is 13.2 Å². The van der Waals surface area contributed by atoms with Gasteiger partial charge < -0.3 is 4.52 Å². The molecule has 2 aliphatic rings. The van der Waals surface area contributed by atoms with Crippen molar-refractivity contribution in [2.75, 3.05) is 0 Å². The molecule has 0 aromatic carbocycles. The lowest BCUT2D eigenvalue weighted by atomic mass is 9.70. The van der Waals surface area contributed by atoms with E-state index >= 15 is 0 Å². The zero-order chi connectivity index (χ0) is 12.6. The van der Waals surface area contributed by atoms with Crippen LogP contribution in [0.2, 0.25) is 0 Å². The maximum atomic E-state index is 12.8. The van der Waals surface area contributed by atoms with Gasteiger partial charge in [0.2, 0.25) is 5.76 Å². The van der Waals surface area contributed by atoms with Crippen molar-refractivity contribution >= 4 is 0 Å². The average molecular weight is 245 g/mol. The van der Waals surface area contributed by atoms with Gasteiger partial charge in [0.1, 0.15) is 0 Å². The van der Waals surface area contributed by atoms with Crippen molar-refractivity contribution in [2.24, 2.45) is 5.41 Å². The molecule has 1 saturated carbocycles. The number of halogens is 3. The third-order valence-corrected chi connectivity index (χ3v) is 5.08. The standard InChI is InChI=1S/C12H14F3NO/c1-10(2)6-4-5-11(10,3)8-7(6)9(17-16-8)12(13,14)15/h6H,4-5H2,1-3H3. The second-order valence-corrected chi connectivity index (χ2v) is 5.92. The number of hydrogen-bond acceptors (Lipinski definition) is 2. The summed E-state index contributed by atoms with van der Waals surface area (Å²) < 4.78 is 43.1. The van der Waals surface area contributed by atoms with Crippen molar-refractivity contribution in [1.82, 2.24) is 5.16 Å². The number of nitrogens with zero attached hydrogens (tertiary/aromatic N) is 1. The zero-order valence-electron chi connectivity index (χ0n) is 9.98. The van der Waals surface area contributed by atoms with Gasteiger partial charge in [0.15, 0.2) is 0 Å². The van der Waals surface area contributed by atoms with Crippen LogP contribution in [0.15, 0.2) is 4.52 Å². The molecule has 1 heterocycles. The molecule has 0 N–H and O–H groups in total. The van der Waals surface area contributed by atoms with E-state index in [0.29, 0.717) is 11.3 Å². The summed E-state index contributed by atoms with van der Waals surface area (Å²) in [6.07, 6.45) is -2.75. The van der Waals surface area contributed by atoms with E-state index in [1.165, 1.54) is 0 Å². The summed E-state index contributed by atoms with van der Waals surface area (Å²) in [5, 5.41) is 3.72. The first-order valence-electron chi connectivity index (χ1n) is 5.77. The Morgan fingerprint density at radius 3 is 2.53 bits per heavy atom. The Morgan fingerprint density at radius 1 is 1.29 bits per heavy atom. The lowest BCUT2D eigenvalue weighted by Gasteiger charge is -2.33. The van der Waals surface area contributed by atoms with Crippen LogP contribution < -0.4 is 0 Å². The molecule has 1 aromatic rings. The molecular weight excluding hydrogens is 231 g/mol. The molecule has 2 bridgehead atoms. The van der Waals surface area contributed by atoms with Crippen LogP contribution in [0, 0.1) is 5.41 Å². The molecule has 17 heavy (non-hydrogen) atoms. The zero-order valence-corrected chi connectivity index (χ0v) is 9.98. The Morgan fingerprint density at radius 2 is 1.94 bits per heavy atom. The van der Waals surface area contributed by atoms with E-state index in [1.807, 2.05) is 20.8 Å². The van der Waals surface area contributed by atoms with Crippen molar-refractivity contribution in [1.29, 1.82) is 0 Å². The monoisotopic (exact) mass is 245 g/mol. The minimum atomic E-state index is -4.43. The molecule has 3 rings (SSSR count). The van der Waals surface area contributed by atoms with Gasteiger partial charge in [-0.25, -0.2) is 0 Å². The predicted octanol–water partition coefficient (Wildman–Crippen LogP) is 3.87. The van der Waals surface area contributed by atoms with E-state index in [4.69, 9.17) is 0 Å². The molecule has 2 unspecified atom stereocenters. The first-order chi connectivity index (χ1) is 7.69. The van der Waals surface area contributed by atoms with E-state index in [1.54, 1.807) is 0 Å². The molecule has 94 valence electrons. The summed E-state index contributed by atoms with van der Waals surface area (Å²) >= 11 is 0. The van der Waals surface area contributed by atoms with Gasteiger partial charge in [-0.05, 0) is 24.2 Å². The Balaban J connectivity index is 2.24. The summed E-state index contributed by atoms with van der Waals surface area (Å²) in [4.78, 5) is 0. The molecular formula is C12H14F3NO. The Kier molecular flexibility index (Phi) is 1.76. The summed E-state index contributed by atoms with van der Waals surface area (Å²) in [5.74, 6) is -0.959. The maximum Gasteiger partial charge on any atom is 0.452 e. The van der Waals surface area contributed by atoms with Crippen LogP contribution in [-0.4, -0.2) is 5.16 Å². The second kappa shape index (κ2) is 2.70. The van der Waals surface area contributed by atoms with Crippen LogP contribution in [0.1, 0.15) is 56.5 Å². The summed E-state index contributed by atoms with van der Waals surface area (Å²) in [6.45, 7) is 6.07. The van der Waals surface area contributed by atoms with Gasteiger partial charge in [0.25, 0.3) is 0 Å². The largest absolute Gasteiger partial charge is 0.452 e. The molecule has 2 atom stereocenters. The normalized spacial score (nSPS) is 34.1. The van der Waals surface area contributed by atoms with Gasteiger partial charge in [0.05, 0.1) is 5.69 Å². The first-order valence-corrected chi connectivity index (χ1v) is 5.77. The van der Waals surface area contributed by atoms with Crippen molar-refractivity contribution in [3.63, 3.8) is 0 Å². The highest BCUT2D eigenvalue weighted by molar-refractivity contribution is 5.47. The van der Waals surface area contributed by atoms with E-state index in [-0.39, 0.29) is 16.7 Å². The van der Waals surface area contributed by atoms with E-state index in [2.05, 4.69) is 9.68 Å². The molecule has 0 amide bonds. The van der Waals surface area contributed by atoms with Crippen molar-refractivity contribution in [3.8, 4) is 0 Å². The predicted molar refractivity (Wildman–Crippen MR) is 54.6 cm³/mol. The van der Waals surface area contributed by atoms with Crippen molar-refractivity contribution in [2.45, 2.75) is 51.1 Å². The second-order valence-electron chi connectivity index (χ2n) is 5.92. The third kappa shape index (κ3) is 1.06. The van der Waals surface area contributed by atoms with Crippen LogP contribution in [0.5, 0.6) is 0 Å². The van der Waals surface area contributed by atoms with Gasteiger partial charge in [0, 0.05) is 11.0 Å². The number of rotatable bonds is 0. The Hall–Kier alpha value is -1.00. The fourth-order valence-corrected chi connectivity index (χ4v) is 3.65. The van der Waals surface area contributed by atoms with Gasteiger partial charge >= 0.3 is 6.18 Å². The molecule has 2 aliphatic carbocycles. The average Bonchev–Trinajstić information content (AvgIpc) is 2.73. The van der Waals surface area contributed by atoms with Crippen LogP contribution in [-0.2, 0) is 11.6 Å². The lowest BCUT2D eigenvalue weighted by molar-refractivity contribution is -0.156. The number of aromatic nitrogens is 1. The third-order valence-electron chi connectivity index (χ3n) is 5.08. The summed E-state index contributed by atoms with van der Waals surface area (Å²) in [7, 11) is 0. The topological polar surface area (TPSA) is 26.0 Å². The fraction of sp³-hybridized carbons (Fsp3) is 0.750. The molecule has 0 spiro atoms. The fourth-order valence-electron chi connectivity index (χ4n) is 3.65. The SMILES string of the molecule is CC12CCC(c3c1noc3C(F)(F)F)C2(C)C. The summed E-state index contributed by atoms with van der Waals surface area (Å²) in [5.41, 5.74) is 0.406. The molecule has 5 heteroatoms. The minimum absolute atomic E-state index is 0.0784. The lowest BCUT2D eigenvalue weighted by Crippen LogP contribution is -2.31. The van der Waals surface area contributed by atoms with Crippen LogP contribution in [0.4, 0.5) is 13.2 Å². The highest BCUT2D eigenvalue weighted by Crippen LogP contribution is 2.68. The molecule has 1 aromatic heterocycles. The number of hydrogen-bond donors (Lipinski definition) is 0. The molecule has 2 nitrogen and oxygen atoms in total. The summed E-state index contributed by atoms with van der Waals surface area (Å²) in [6, 6.07) is 0. The van der Waals surface area contributed by atoms with Crippen molar-refractivity contribution < 1.29 is 17.7 Å². The number of alkyl halides is 3. The molecule has 0 aliphatic heterocycles. The van der Waals surface area contributed by atoms with Crippen LogP contribution in [0.25, 0.3) is 0 Å². The maximum absolute atomic E-state index is 12.8. The number of fused-ring (bicyclic) bond motifs is 5. The van der Waals surface area contributed by atoms with E-state index in [0.717, 1.165) is 12.8 Å². The molecule has 0 saturated heterocycles. The Bertz CT molecular complexity index is 488. The van der Waals surface area contributed by atoms with Crippen molar-refractivity contribution in [3.05, 3.63) is 17.0 Å². The van der Waals surface area contributed by atoms with E-state index < -0.39 is 11.9 Å². The highest BCUT2D eigenvalue weighted by atomic mass is 19.4. The smallest absolute Gasteiger partial charge is 0.351 e. The van der Waals surface area contributed by atoms with E-state index in [9.17, 15) is 13.2 Å². The first kappa shape index (κ1) is 11.1. The quantitative estimate of drug-likeness (QED) is 0.693. The highest BCUT2D eigenvalue weighted by Gasteiger charge is 2.64.